The van der Waals surface area contributed by atoms with E-state index in [1.54, 1.807) is 12.3 Å². The Bertz CT molecular complexity index is 396. The van der Waals surface area contributed by atoms with Gasteiger partial charge in [-0.15, -0.1) is 0 Å². The quantitative estimate of drug-likeness (QED) is 0.682. The van der Waals surface area contributed by atoms with Crippen LogP contribution < -0.4 is 5.73 Å². The number of aromatic nitrogens is 1. The van der Waals surface area contributed by atoms with Crippen molar-refractivity contribution in [2.75, 3.05) is 5.73 Å². The number of benzene rings is 1. The predicted octanol–water partition coefficient (Wildman–Crippen LogP) is 2.17. The van der Waals surface area contributed by atoms with E-state index in [-0.39, 0.29) is 0 Å². The first kappa shape index (κ1) is 6.67. The molecule has 0 spiro atoms. The molecule has 1 aromatic carbocycles. The predicted molar refractivity (Wildman–Crippen MR) is 46.1 cm³/mol. The summed E-state index contributed by atoms with van der Waals surface area (Å²) in [4.78, 5) is 0. The molecule has 0 fully saturated rings. The van der Waals surface area contributed by atoms with Gasteiger partial charge in [0, 0.05) is 11.1 Å². The van der Waals surface area contributed by atoms with Crippen LogP contribution in [0.15, 0.2) is 27.3 Å². The number of fused-ring (bicyclic) bond motifs is 1. The molecule has 0 amide bonds. The summed E-state index contributed by atoms with van der Waals surface area (Å²) < 4.78 is 5.79. The van der Waals surface area contributed by atoms with E-state index in [1.165, 1.54) is 0 Å². The molecule has 2 N–H and O–H groups in total. The number of halogens is 1. The number of hydrogen-bond donors (Lipinski definition) is 1. The molecule has 1 aromatic heterocycles. The van der Waals surface area contributed by atoms with Gasteiger partial charge in [-0.3, -0.25) is 0 Å². The average molecular weight is 213 g/mol. The van der Waals surface area contributed by atoms with E-state index in [2.05, 4.69) is 21.1 Å². The minimum absolute atomic E-state index is 0.701. The van der Waals surface area contributed by atoms with Gasteiger partial charge in [-0.05, 0) is 28.1 Å². The normalized spacial score (nSPS) is 10.6. The van der Waals surface area contributed by atoms with Gasteiger partial charge in [0.15, 0.2) is 5.58 Å². The van der Waals surface area contributed by atoms with Crippen LogP contribution in [0.4, 0.5) is 5.69 Å². The van der Waals surface area contributed by atoms with Crippen molar-refractivity contribution in [1.29, 1.82) is 0 Å². The summed E-state index contributed by atoms with van der Waals surface area (Å²) >= 11 is 3.31. The fourth-order valence-electron chi connectivity index (χ4n) is 0.965. The molecule has 3 nitrogen and oxygen atoms in total. The molecule has 0 bridgehead atoms. The molecular weight excluding hydrogens is 208 g/mol. The Kier molecular flexibility index (Phi) is 1.35. The molecule has 0 radical (unpaired) electrons. The van der Waals surface area contributed by atoms with E-state index in [4.69, 9.17) is 10.3 Å². The minimum Gasteiger partial charge on any atom is -0.399 e. The summed E-state index contributed by atoms with van der Waals surface area (Å²) in [6.07, 6.45) is 1.64. The van der Waals surface area contributed by atoms with Crippen molar-refractivity contribution in [2.45, 2.75) is 0 Å². The number of hydrogen-bond acceptors (Lipinski definition) is 3. The molecule has 11 heavy (non-hydrogen) atoms. The Morgan fingerprint density at radius 3 is 3.09 bits per heavy atom. The van der Waals surface area contributed by atoms with Crippen molar-refractivity contribution < 1.29 is 4.52 Å². The molecule has 0 aliphatic carbocycles. The second-order valence-corrected chi connectivity index (χ2v) is 3.10. The lowest BCUT2D eigenvalue weighted by Crippen LogP contribution is -1.82. The van der Waals surface area contributed by atoms with Crippen molar-refractivity contribution >= 4 is 32.6 Å². The molecule has 1 heterocycles. The average Bonchev–Trinajstić information content (AvgIpc) is 2.34. The van der Waals surface area contributed by atoms with E-state index in [0.717, 1.165) is 15.4 Å². The van der Waals surface area contributed by atoms with Gasteiger partial charge in [0.25, 0.3) is 0 Å². The van der Waals surface area contributed by atoms with Crippen molar-refractivity contribution in [2.24, 2.45) is 0 Å². The molecular formula is C7H5BrN2O. The number of nitrogens with two attached hydrogens (primary N) is 1. The third-order valence-corrected chi connectivity index (χ3v) is 2.02. The standard InChI is InChI=1S/C7H5BrN2O/c8-6-2-5(9)1-4-3-10-11-7(4)6/h1-3H,9H2. The number of anilines is 1. The van der Waals surface area contributed by atoms with Crippen molar-refractivity contribution in [3.8, 4) is 0 Å². The van der Waals surface area contributed by atoms with Gasteiger partial charge < -0.3 is 10.3 Å². The molecule has 0 unspecified atom stereocenters. The molecule has 0 aliphatic rings. The largest absolute Gasteiger partial charge is 0.399 e. The maximum atomic E-state index is 5.58. The highest BCUT2D eigenvalue weighted by atomic mass is 79.9. The van der Waals surface area contributed by atoms with Crippen LogP contribution in [-0.4, -0.2) is 5.16 Å². The van der Waals surface area contributed by atoms with E-state index < -0.39 is 0 Å². The molecule has 0 atom stereocenters. The van der Waals surface area contributed by atoms with E-state index >= 15 is 0 Å². The maximum absolute atomic E-state index is 5.58. The van der Waals surface area contributed by atoms with Gasteiger partial charge in [0.2, 0.25) is 0 Å². The zero-order chi connectivity index (χ0) is 7.84. The molecule has 0 saturated carbocycles. The smallest absolute Gasteiger partial charge is 0.181 e. The summed E-state index contributed by atoms with van der Waals surface area (Å²) in [5, 5.41) is 4.56. The Balaban J connectivity index is 2.91. The van der Waals surface area contributed by atoms with Crippen LogP contribution >= 0.6 is 15.9 Å². The second-order valence-electron chi connectivity index (χ2n) is 2.25. The van der Waals surface area contributed by atoms with E-state index in [1.807, 2.05) is 6.07 Å². The molecule has 0 saturated heterocycles. The van der Waals surface area contributed by atoms with Gasteiger partial charge in [-0.25, -0.2) is 0 Å². The van der Waals surface area contributed by atoms with Crippen LogP contribution in [0.3, 0.4) is 0 Å². The Morgan fingerprint density at radius 1 is 1.45 bits per heavy atom. The van der Waals surface area contributed by atoms with Crippen LogP contribution in [-0.2, 0) is 0 Å². The lowest BCUT2D eigenvalue weighted by molar-refractivity contribution is 0.455. The topological polar surface area (TPSA) is 52.0 Å². The third kappa shape index (κ3) is 0.991. The summed E-state index contributed by atoms with van der Waals surface area (Å²) in [5.41, 5.74) is 7.02. The highest BCUT2D eigenvalue weighted by Gasteiger charge is 2.03. The fourth-order valence-corrected chi connectivity index (χ4v) is 1.53. The fraction of sp³-hybridized carbons (Fsp3) is 0. The lowest BCUT2D eigenvalue weighted by atomic mass is 10.2. The molecule has 56 valence electrons. The van der Waals surface area contributed by atoms with E-state index in [9.17, 15) is 0 Å². The van der Waals surface area contributed by atoms with Crippen molar-refractivity contribution in [3.05, 3.63) is 22.8 Å². The first-order valence-corrected chi connectivity index (χ1v) is 3.86. The van der Waals surface area contributed by atoms with Crippen LogP contribution in [0.1, 0.15) is 0 Å². The van der Waals surface area contributed by atoms with E-state index in [0.29, 0.717) is 5.69 Å². The Hall–Kier alpha value is -1.03. The van der Waals surface area contributed by atoms with Crippen molar-refractivity contribution in [3.63, 3.8) is 0 Å². The lowest BCUT2D eigenvalue weighted by Gasteiger charge is -1.93. The zero-order valence-corrected chi connectivity index (χ0v) is 7.13. The summed E-state index contributed by atoms with van der Waals surface area (Å²) in [5.74, 6) is 0. The summed E-state index contributed by atoms with van der Waals surface area (Å²) in [7, 11) is 0. The highest BCUT2D eigenvalue weighted by Crippen LogP contribution is 2.26. The molecule has 4 heteroatoms. The first-order valence-electron chi connectivity index (χ1n) is 3.07. The zero-order valence-electron chi connectivity index (χ0n) is 5.54. The molecule has 2 aromatic rings. The van der Waals surface area contributed by atoms with Crippen LogP contribution in [0, 0.1) is 0 Å². The van der Waals surface area contributed by atoms with Gasteiger partial charge in [-0.1, -0.05) is 5.16 Å². The molecule has 0 aliphatic heterocycles. The Labute approximate surface area is 71.3 Å². The number of rotatable bonds is 0. The van der Waals surface area contributed by atoms with Gasteiger partial charge >= 0.3 is 0 Å². The Morgan fingerprint density at radius 2 is 2.27 bits per heavy atom. The van der Waals surface area contributed by atoms with Crippen LogP contribution in [0.25, 0.3) is 11.0 Å². The number of nitrogens with zero attached hydrogens (tertiary/aromatic N) is 1. The number of nitrogen functional groups attached to an aromatic ring is 1. The van der Waals surface area contributed by atoms with Gasteiger partial charge in [0.05, 0.1) is 10.7 Å². The van der Waals surface area contributed by atoms with Gasteiger partial charge in [0.1, 0.15) is 0 Å². The van der Waals surface area contributed by atoms with Gasteiger partial charge in [-0.2, -0.15) is 0 Å². The summed E-state index contributed by atoms with van der Waals surface area (Å²) in [6, 6.07) is 3.60. The first-order chi connectivity index (χ1) is 5.27. The van der Waals surface area contributed by atoms with Crippen LogP contribution in [0.2, 0.25) is 0 Å². The minimum atomic E-state index is 0.701. The highest BCUT2D eigenvalue weighted by molar-refractivity contribution is 9.10. The van der Waals surface area contributed by atoms with Crippen LogP contribution in [0.5, 0.6) is 0 Å². The summed E-state index contributed by atoms with van der Waals surface area (Å²) in [6.45, 7) is 0. The van der Waals surface area contributed by atoms with Crippen molar-refractivity contribution in [1.82, 2.24) is 5.16 Å². The monoisotopic (exact) mass is 212 g/mol. The molecule has 2 rings (SSSR count). The third-order valence-electron chi connectivity index (χ3n) is 1.43. The second kappa shape index (κ2) is 2.23. The SMILES string of the molecule is Nc1cc(Br)c2oncc2c1. The maximum Gasteiger partial charge on any atom is 0.181 e.